The summed E-state index contributed by atoms with van der Waals surface area (Å²) < 4.78 is 5.32. The van der Waals surface area contributed by atoms with Crippen LogP contribution in [0.1, 0.15) is 23.5 Å². The maximum absolute atomic E-state index is 5.32. The summed E-state index contributed by atoms with van der Waals surface area (Å²) in [6.45, 7) is 4.17. The molecule has 1 heterocycles. The number of anilines is 1. The van der Waals surface area contributed by atoms with Gasteiger partial charge in [-0.1, -0.05) is 12.1 Å². The SMILES string of the molecule is COc1ccccc1NC(C)c1scnc1C. The summed E-state index contributed by atoms with van der Waals surface area (Å²) in [5, 5.41) is 3.45. The fourth-order valence-electron chi connectivity index (χ4n) is 1.79. The van der Waals surface area contributed by atoms with Crippen LogP contribution < -0.4 is 10.1 Å². The molecule has 1 aromatic carbocycles. The molecule has 0 fully saturated rings. The average Bonchev–Trinajstić information content (AvgIpc) is 2.76. The van der Waals surface area contributed by atoms with Gasteiger partial charge in [-0.05, 0) is 26.0 Å². The molecule has 1 unspecified atom stereocenters. The first-order valence-corrected chi connectivity index (χ1v) is 6.40. The molecule has 0 spiro atoms. The molecule has 17 heavy (non-hydrogen) atoms. The third-order valence-corrected chi connectivity index (χ3v) is 3.77. The molecule has 0 aliphatic rings. The molecule has 0 aliphatic heterocycles. The van der Waals surface area contributed by atoms with Crippen molar-refractivity contribution in [3.8, 4) is 5.75 Å². The van der Waals surface area contributed by atoms with Crippen LogP contribution in [0.3, 0.4) is 0 Å². The van der Waals surface area contributed by atoms with Gasteiger partial charge in [0.2, 0.25) is 0 Å². The lowest BCUT2D eigenvalue weighted by Gasteiger charge is -2.16. The standard InChI is InChI=1S/C13H16N2OS/c1-9-13(17-8-14-9)10(2)15-11-6-4-5-7-12(11)16-3/h4-8,10,15H,1-3H3. The lowest BCUT2D eigenvalue weighted by Crippen LogP contribution is -2.07. The summed E-state index contributed by atoms with van der Waals surface area (Å²) in [5.41, 5.74) is 3.98. The molecule has 2 aromatic rings. The number of nitrogens with zero attached hydrogens (tertiary/aromatic N) is 1. The van der Waals surface area contributed by atoms with Crippen molar-refractivity contribution in [2.45, 2.75) is 19.9 Å². The van der Waals surface area contributed by atoms with Crippen molar-refractivity contribution in [3.05, 3.63) is 40.3 Å². The minimum Gasteiger partial charge on any atom is -0.495 e. The van der Waals surface area contributed by atoms with Crippen LogP contribution in [-0.4, -0.2) is 12.1 Å². The van der Waals surface area contributed by atoms with Gasteiger partial charge in [-0.15, -0.1) is 11.3 Å². The van der Waals surface area contributed by atoms with E-state index < -0.39 is 0 Å². The zero-order chi connectivity index (χ0) is 12.3. The van der Waals surface area contributed by atoms with Crippen LogP contribution in [0.2, 0.25) is 0 Å². The lowest BCUT2D eigenvalue weighted by atomic mass is 10.2. The largest absolute Gasteiger partial charge is 0.495 e. The highest BCUT2D eigenvalue weighted by atomic mass is 32.1. The number of nitrogens with one attached hydrogen (secondary N) is 1. The molecule has 1 atom stereocenters. The quantitative estimate of drug-likeness (QED) is 0.897. The van der Waals surface area contributed by atoms with Gasteiger partial charge in [-0.3, -0.25) is 0 Å². The molecule has 4 heteroatoms. The molecule has 0 amide bonds. The Labute approximate surface area is 105 Å². The molecule has 3 nitrogen and oxygen atoms in total. The molecular weight excluding hydrogens is 232 g/mol. The zero-order valence-corrected chi connectivity index (χ0v) is 11.0. The smallest absolute Gasteiger partial charge is 0.141 e. The Hall–Kier alpha value is -1.55. The molecule has 90 valence electrons. The van der Waals surface area contributed by atoms with Crippen LogP contribution >= 0.6 is 11.3 Å². The van der Waals surface area contributed by atoms with Crippen LogP contribution in [0.4, 0.5) is 5.69 Å². The summed E-state index contributed by atoms with van der Waals surface area (Å²) in [6, 6.07) is 8.17. The number of para-hydroxylation sites is 2. The first-order chi connectivity index (χ1) is 8.22. The van der Waals surface area contributed by atoms with Crippen LogP contribution in [0.15, 0.2) is 29.8 Å². The van der Waals surface area contributed by atoms with Gasteiger partial charge in [0.1, 0.15) is 5.75 Å². The van der Waals surface area contributed by atoms with Gasteiger partial charge in [-0.25, -0.2) is 4.98 Å². The normalized spacial score (nSPS) is 12.2. The molecule has 2 rings (SSSR count). The molecule has 0 bridgehead atoms. The van der Waals surface area contributed by atoms with E-state index in [1.165, 1.54) is 4.88 Å². The topological polar surface area (TPSA) is 34.1 Å². The average molecular weight is 248 g/mol. The van der Waals surface area contributed by atoms with Crippen molar-refractivity contribution >= 4 is 17.0 Å². The Balaban J connectivity index is 2.18. The van der Waals surface area contributed by atoms with Crippen molar-refractivity contribution < 1.29 is 4.74 Å². The number of ether oxygens (including phenoxy) is 1. The summed E-state index contributed by atoms with van der Waals surface area (Å²) in [5.74, 6) is 0.863. The number of rotatable bonds is 4. The number of aromatic nitrogens is 1. The maximum atomic E-state index is 5.32. The minimum atomic E-state index is 0.235. The second-order valence-electron chi connectivity index (χ2n) is 3.87. The van der Waals surface area contributed by atoms with Gasteiger partial charge < -0.3 is 10.1 Å². The minimum absolute atomic E-state index is 0.235. The lowest BCUT2D eigenvalue weighted by molar-refractivity contribution is 0.416. The fourth-order valence-corrected chi connectivity index (χ4v) is 2.60. The van der Waals surface area contributed by atoms with Crippen molar-refractivity contribution in [2.75, 3.05) is 12.4 Å². The van der Waals surface area contributed by atoms with Crippen molar-refractivity contribution in [1.29, 1.82) is 0 Å². The second kappa shape index (κ2) is 5.19. The molecule has 0 saturated heterocycles. The predicted octanol–water partition coefficient (Wildman–Crippen LogP) is 3.63. The summed E-state index contributed by atoms with van der Waals surface area (Å²) in [4.78, 5) is 5.53. The Morgan fingerprint density at radius 3 is 2.76 bits per heavy atom. The molecule has 0 saturated carbocycles. The number of benzene rings is 1. The number of hydrogen-bond acceptors (Lipinski definition) is 4. The Bertz CT molecular complexity index is 496. The zero-order valence-electron chi connectivity index (χ0n) is 10.2. The second-order valence-corrected chi connectivity index (χ2v) is 4.75. The monoisotopic (exact) mass is 248 g/mol. The predicted molar refractivity (Wildman–Crippen MR) is 71.9 cm³/mol. The molecule has 0 aliphatic carbocycles. The van der Waals surface area contributed by atoms with E-state index in [0.717, 1.165) is 17.1 Å². The van der Waals surface area contributed by atoms with Gasteiger partial charge in [0.05, 0.1) is 30.0 Å². The highest BCUT2D eigenvalue weighted by Gasteiger charge is 2.12. The van der Waals surface area contributed by atoms with Crippen LogP contribution in [0.5, 0.6) is 5.75 Å². The van der Waals surface area contributed by atoms with E-state index in [0.29, 0.717) is 0 Å². The van der Waals surface area contributed by atoms with E-state index in [1.807, 2.05) is 36.7 Å². The third kappa shape index (κ3) is 2.58. The van der Waals surface area contributed by atoms with Crippen molar-refractivity contribution in [1.82, 2.24) is 4.98 Å². The number of methoxy groups -OCH3 is 1. The Morgan fingerprint density at radius 1 is 1.35 bits per heavy atom. The first-order valence-electron chi connectivity index (χ1n) is 5.52. The van der Waals surface area contributed by atoms with E-state index in [1.54, 1.807) is 18.4 Å². The number of thiazole rings is 1. The first kappa shape index (κ1) is 11.9. The van der Waals surface area contributed by atoms with Crippen LogP contribution in [-0.2, 0) is 0 Å². The van der Waals surface area contributed by atoms with Crippen LogP contribution in [0.25, 0.3) is 0 Å². The molecule has 1 aromatic heterocycles. The number of aryl methyl sites for hydroxylation is 1. The van der Waals surface area contributed by atoms with Gasteiger partial charge in [0, 0.05) is 4.88 Å². The van der Waals surface area contributed by atoms with E-state index in [9.17, 15) is 0 Å². The van der Waals surface area contributed by atoms with Crippen LogP contribution in [0, 0.1) is 6.92 Å². The van der Waals surface area contributed by atoms with E-state index >= 15 is 0 Å². The number of hydrogen-bond donors (Lipinski definition) is 1. The molecule has 0 radical (unpaired) electrons. The molecule has 1 N–H and O–H groups in total. The highest BCUT2D eigenvalue weighted by Crippen LogP contribution is 2.30. The highest BCUT2D eigenvalue weighted by molar-refractivity contribution is 7.09. The van der Waals surface area contributed by atoms with E-state index in [2.05, 4.69) is 17.2 Å². The Morgan fingerprint density at radius 2 is 2.12 bits per heavy atom. The van der Waals surface area contributed by atoms with Gasteiger partial charge in [0.25, 0.3) is 0 Å². The summed E-state index contributed by atoms with van der Waals surface area (Å²) >= 11 is 1.68. The third-order valence-electron chi connectivity index (χ3n) is 2.65. The fraction of sp³-hybridized carbons (Fsp3) is 0.308. The van der Waals surface area contributed by atoms with Crippen molar-refractivity contribution in [3.63, 3.8) is 0 Å². The van der Waals surface area contributed by atoms with E-state index in [-0.39, 0.29) is 6.04 Å². The summed E-state index contributed by atoms with van der Waals surface area (Å²) in [7, 11) is 1.68. The summed E-state index contributed by atoms with van der Waals surface area (Å²) in [6.07, 6.45) is 0. The molecular formula is C13H16N2OS. The Kier molecular flexibility index (Phi) is 3.64. The maximum Gasteiger partial charge on any atom is 0.141 e. The van der Waals surface area contributed by atoms with Crippen molar-refractivity contribution in [2.24, 2.45) is 0 Å². The van der Waals surface area contributed by atoms with E-state index in [4.69, 9.17) is 4.74 Å². The van der Waals surface area contributed by atoms with Gasteiger partial charge in [-0.2, -0.15) is 0 Å². The van der Waals surface area contributed by atoms with Gasteiger partial charge in [0.15, 0.2) is 0 Å². The van der Waals surface area contributed by atoms with Gasteiger partial charge >= 0.3 is 0 Å².